The predicted molar refractivity (Wildman–Crippen MR) is 190 cm³/mol. The highest BCUT2D eigenvalue weighted by Crippen LogP contribution is 2.29. The van der Waals surface area contributed by atoms with Gasteiger partial charge in [0, 0.05) is 34.5 Å². The molecule has 0 bridgehead atoms. The number of nitrogens with zero attached hydrogens (tertiary/aromatic N) is 2. The van der Waals surface area contributed by atoms with Crippen molar-refractivity contribution < 1.29 is 4.79 Å². The number of nitrogens with one attached hydrogen (secondary N) is 2. The number of aliphatic imine (C=N–C) groups is 1. The molecule has 0 aliphatic carbocycles. The number of amides is 1. The number of carbonyl (C=O) groups excluding carboxylic acids is 1. The van der Waals surface area contributed by atoms with Crippen LogP contribution < -0.4 is 11.1 Å². The topological polar surface area (TPSA) is 86.5 Å². The van der Waals surface area contributed by atoms with E-state index in [1.54, 1.807) is 13.8 Å². The summed E-state index contributed by atoms with van der Waals surface area (Å²) < 4.78 is 1.03. The number of benzene rings is 3. The number of carbonyl (C=O) groups is 1. The summed E-state index contributed by atoms with van der Waals surface area (Å²) in [5.41, 5.74) is 16.7. The van der Waals surface area contributed by atoms with Crippen molar-refractivity contribution >= 4 is 44.1 Å². The van der Waals surface area contributed by atoms with E-state index in [0.717, 1.165) is 51.1 Å². The number of aromatic amines is 1. The molecular formula is C38H42BrN5O. The van der Waals surface area contributed by atoms with Crippen molar-refractivity contribution in [3.63, 3.8) is 0 Å². The molecule has 1 amide bonds. The van der Waals surface area contributed by atoms with Crippen molar-refractivity contribution in [2.24, 2.45) is 10.7 Å². The van der Waals surface area contributed by atoms with Crippen LogP contribution in [0.25, 0.3) is 16.5 Å². The Morgan fingerprint density at radius 1 is 1.11 bits per heavy atom. The van der Waals surface area contributed by atoms with Crippen molar-refractivity contribution in [2.45, 2.75) is 65.1 Å². The van der Waals surface area contributed by atoms with Crippen molar-refractivity contribution in [3.8, 4) is 0 Å². The van der Waals surface area contributed by atoms with E-state index in [1.807, 2.05) is 12.1 Å². The number of halogens is 1. The van der Waals surface area contributed by atoms with E-state index >= 15 is 0 Å². The molecule has 1 aromatic heterocycles. The molecule has 0 spiro atoms. The Hall–Kier alpha value is -4.16. The highest BCUT2D eigenvalue weighted by atomic mass is 79.9. The summed E-state index contributed by atoms with van der Waals surface area (Å²) in [4.78, 5) is 24.2. The van der Waals surface area contributed by atoms with Gasteiger partial charge in [-0.2, -0.15) is 0 Å². The summed E-state index contributed by atoms with van der Waals surface area (Å²) in [5.74, 6) is 0.746. The third kappa shape index (κ3) is 7.93. The SMILES string of the molecule is C/C=C(/C[C@@H](NC(=O)C(C)(C)N)C1=C=CCN=C(CCc2c[nH]c3ccccc23)N1Cc1ccc(Br)cc1)c1ccccc1C. The van der Waals surface area contributed by atoms with Gasteiger partial charge < -0.3 is 20.9 Å². The molecule has 1 atom stereocenters. The lowest BCUT2D eigenvalue weighted by atomic mass is 9.92. The molecule has 6 nitrogen and oxygen atoms in total. The zero-order valence-electron chi connectivity index (χ0n) is 26.5. The number of allylic oxidation sites excluding steroid dienone is 1. The van der Waals surface area contributed by atoms with Gasteiger partial charge >= 0.3 is 0 Å². The van der Waals surface area contributed by atoms with Gasteiger partial charge in [0.2, 0.25) is 5.91 Å². The number of H-pyrrole nitrogens is 1. The first-order valence-electron chi connectivity index (χ1n) is 15.5. The molecule has 1 aliphatic heterocycles. The lowest BCUT2D eigenvalue weighted by Gasteiger charge is -2.34. The highest BCUT2D eigenvalue weighted by Gasteiger charge is 2.31. The standard InChI is InChI=1S/C38H42BrN5O/c1-5-28(31-12-7-6-11-26(31)2)23-34(43-37(45)38(3,4)40)35-15-10-22-41-36(44(35)25-27-16-19-30(39)20-17-27)21-18-29-24-42-33-14-9-8-13-32(29)33/h5-14,16-17,19-20,24,34,42H,18,21-23,25,40H2,1-4H3,(H,43,45)/b28-5-/t34-/m1/s1. The van der Waals surface area contributed by atoms with Crippen LogP contribution in [0, 0.1) is 6.92 Å². The van der Waals surface area contributed by atoms with Crippen molar-refractivity contribution in [1.29, 1.82) is 0 Å². The van der Waals surface area contributed by atoms with Gasteiger partial charge in [0.1, 0.15) is 5.84 Å². The molecule has 0 saturated carbocycles. The number of aryl methyl sites for hydroxylation is 2. The third-order valence-corrected chi connectivity index (χ3v) is 8.78. The van der Waals surface area contributed by atoms with Gasteiger partial charge in [-0.3, -0.25) is 9.79 Å². The van der Waals surface area contributed by atoms with Gasteiger partial charge in [-0.1, -0.05) is 82.3 Å². The van der Waals surface area contributed by atoms with Crippen LogP contribution in [0.3, 0.4) is 0 Å². The Morgan fingerprint density at radius 2 is 1.84 bits per heavy atom. The molecule has 0 fully saturated rings. The molecule has 4 aromatic rings. The fourth-order valence-corrected chi connectivity index (χ4v) is 6.00. The Balaban J connectivity index is 1.54. The molecule has 232 valence electrons. The first-order chi connectivity index (χ1) is 21.6. The normalized spacial score (nSPS) is 14.6. The summed E-state index contributed by atoms with van der Waals surface area (Å²) in [6.45, 7) is 8.75. The first-order valence-corrected chi connectivity index (χ1v) is 16.3. The van der Waals surface area contributed by atoms with E-state index in [0.29, 0.717) is 19.5 Å². The van der Waals surface area contributed by atoms with E-state index in [2.05, 4.69) is 130 Å². The van der Waals surface area contributed by atoms with Gasteiger partial charge in [0.05, 0.1) is 23.8 Å². The van der Waals surface area contributed by atoms with E-state index in [1.165, 1.54) is 16.5 Å². The van der Waals surface area contributed by atoms with Gasteiger partial charge in [-0.05, 0) is 92.6 Å². The van der Waals surface area contributed by atoms with Crippen LogP contribution in [-0.4, -0.2) is 39.8 Å². The fourth-order valence-electron chi connectivity index (χ4n) is 5.74. The summed E-state index contributed by atoms with van der Waals surface area (Å²) in [6.07, 6.45) is 8.34. The molecule has 0 radical (unpaired) electrons. The molecule has 1 aliphatic rings. The smallest absolute Gasteiger partial charge is 0.240 e. The molecule has 7 heteroatoms. The Kier molecular flexibility index (Phi) is 10.2. The van der Waals surface area contributed by atoms with Crippen LogP contribution in [0.15, 0.2) is 112 Å². The maximum Gasteiger partial charge on any atom is 0.240 e. The predicted octanol–water partition coefficient (Wildman–Crippen LogP) is 7.84. The Morgan fingerprint density at radius 3 is 2.58 bits per heavy atom. The Bertz CT molecular complexity index is 1780. The summed E-state index contributed by atoms with van der Waals surface area (Å²) in [7, 11) is 0. The summed E-state index contributed by atoms with van der Waals surface area (Å²) >= 11 is 3.58. The van der Waals surface area contributed by atoms with E-state index in [9.17, 15) is 4.79 Å². The molecule has 45 heavy (non-hydrogen) atoms. The van der Waals surface area contributed by atoms with Crippen molar-refractivity contribution in [1.82, 2.24) is 15.2 Å². The molecule has 4 N–H and O–H groups in total. The zero-order valence-corrected chi connectivity index (χ0v) is 28.1. The maximum absolute atomic E-state index is 13.5. The second kappa shape index (κ2) is 14.3. The minimum Gasteiger partial charge on any atom is -0.361 e. The van der Waals surface area contributed by atoms with E-state index in [4.69, 9.17) is 10.7 Å². The molecule has 3 aromatic carbocycles. The quantitative estimate of drug-likeness (QED) is 0.143. The second-order valence-corrected chi connectivity index (χ2v) is 13.1. The highest BCUT2D eigenvalue weighted by molar-refractivity contribution is 9.10. The molecular weight excluding hydrogens is 622 g/mol. The van der Waals surface area contributed by atoms with E-state index in [-0.39, 0.29) is 5.91 Å². The molecule has 2 heterocycles. The van der Waals surface area contributed by atoms with Gasteiger partial charge in [-0.15, -0.1) is 0 Å². The number of hydrogen-bond acceptors (Lipinski definition) is 4. The second-order valence-electron chi connectivity index (χ2n) is 12.1. The number of rotatable bonds is 11. The Labute approximate surface area is 275 Å². The fraction of sp³-hybridized carbons (Fsp3) is 0.289. The molecule has 5 rings (SSSR count). The van der Waals surface area contributed by atoms with Crippen LogP contribution in [-0.2, 0) is 17.8 Å². The van der Waals surface area contributed by atoms with Crippen LogP contribution in [0.2, 0.25) is 0 Å². The summed E-state index contributed by atoms with van der Waals surface area (Å²) in [6, 6.07) is 24.7. The number of nitrogens with two attached hydrogens (primary N) is 1. The van der Waals surface area contributed by atoms with Crippen molar-refractivity contribution in [2.75, 3.05) is 6.54 Å². The number of aromatic nitrogens is 1. The number of fused-ring (bicyclic) bond motifs is 1. The molecule has 0 unspecified atom stereocenters. The van der Waals surface area contributed by atoms with Crippen LogP contribution in [0.5, 0.6) is 0 Å². The summed E-state index contributed by atoms with van der Waals surface area (Å²) in [5, 5.41) is 4.54. The first kappa shape index (κ1) is 32.2. The van der Waals surface area contributed by atoms with Gasteiger partial charge in [0.15, 0.2) is 0 Å². The van der Waals surface area contributed by atoms with Crippen LogP contribution in [0.1, 0.15) is 55.9 Å². The average Bonchev–Trinajstić information content (AvgIpc) is 3.33. The van der Waals surface area contributed by atoms with Crippen molar-refractivity contribution in [3.05, 3.63) is 129 Å². The largest absolute Gasteiger partial charge is 0.361 e. The number of hydrogen-bond donors (Lipinski definition) is 3. The van der Waals surface area contributed by atoms with E-state index < -0.39 is 11.6 Å². The third-order valence-electron chi connectivity index (χ3n) is 8.25. The average molecular weight is 665 g/mol. The van der Waals surface area contributed by atoms with Crippen LogP contribution in [0.4, 0.5) is 0 Å². The minimum absolute atomic E-state index is 0.216. The minimum atomic E-state index is -1.05. The zero-order chi connectivity index (χ0) is 32.0. The number of amidine groups is 1. The lowest BCUT2D eigenvalue weighted by molar-refractivity contribution is -0.125. The maximum atomic E-state index is 13.5. The van der Waals surface area contributed by atoms with Crippen LogP contribution >= 0.6 is 15.9 Å². The molecule has 0 saturated heterocycles. The lowest BCUT2D eigenvalue weighted by Crippen LogP contribution is -2.54. The van der Waals surface area contributed by atoms with Gasteiger partial charge in [0.25, 0.3) is 0 Å². The van der Waals surface area contributed by atoms with Gasteiger partial charge in [-0.25, -0.2) is 0 Å². The number of para-hydroxylation sites is 1. The monoisotopic (exact) mass is 663 g/mol.